The number of likely N-dealkylation sites (tertiary alicyclic amines) is 1. The number of nitrogens with zero attached hydrogens (tertiary/aromatic N) is 5. The fourth-order valence-electron chi connectivity index (χ4n) is 4.76. The van der Waals surface area contributed by atoms with Crippen LogP contribution in [0.3, 0.4) is 0 Å². The minimum atomic E-state index is -4.55. The van der Waals surface area contributed by atoms with Gasteiger partial charge in [-0.15, -0.1) is 0 Å². The highest BCUT2D eigenvalue weighted by molar-refractivity contribution is 5.98. The zero-order chi connectivity index (χ0) is 32.4. The molecule has 11 nitrogen and oxygen atoms in total. The molecule has 1 fully saturated rings. The summed E-state index contributed by atoms with van der Waals surface area (Å²) >= 11 is 0. The Morgan fingerprint density at radius 1 is 1.23 bits per heavy atom. The van der Waals surface area contributed by atoms with Crippen molar-refractivity contribution in [1.82, 2.24) is 29.6 Å². The van der Waals surface area contributed by atoms with Gasteiger partial charge in [-0.05, 0) is 59.1 Å². The molecule has 238 valence electrons. The summed E-state index contributed by atoms with van der Waals surface area (Å²) in [6, 6.07) is 3.80. The lowest BCUT2D eigenvalue weighted by Crippen LogP contribution is -2.51. The van der Waals surface area contributed by atoms with Crippen molar-refractivity contribution in [1.29, 1.82) is 0 Å². The van der Waals surface area contributed by atoms with Gasteiger partial charge in [-0.1, -0.05) is 12.0 Å². The first-order chi connectivity index (χ1) is 20.5. The zero-order valence-electron chi connectivity index (χ0n) is 25.1. The Hall–Kier alpha value is -4.48. The van der Waals surface area contributed by atoms with Crippen LogP contribution in [0.25, 0.3) is 5.52 Å². The number of aromatic nitrogens is 4. The van der Waals surface area contributed by atoms with E-state index in [4.69, 9.17) is 10.5 Å². The molecule has 3 aromatic rings. The number of carbonyl (C=O) groups is 2. The Morgan fingerprint density at radius 3 is 2.57 bits per heavy atom. The highest BCUT2D eigenvalue weighted by Gasteiger charge is 2.35. The molecule has 2 amide bonds. The van der Waals surface area contributed by atoms with Gasteiger partial charge in [0.15, 0.2) is 0 Å². The second-order valence-electron chi connectivity index (χ2n) is 11.8. The van der Waals surface area contributed by atoms with Crippen molar-refractivity contribution in [3.63, 3.8) is 0 Å². The first-order valence-corrected chi connectivity index (χ1v) is 14.1. The molecule has 0 saturated carbocycles. The molecule has 1 saturated heterocycles. The number of ether oxygens (including phenoxy) is 1. The summed E-state index contributed by atoms with van der Waals surface area (Å²) in [6.07, 6.45) is -6.36. The molecule has 0 spiro atoms. The number of nitrogens with two attached hydrogens (primary N) is 1. The predicted octanol–water partition coefficient (Wildman–Crippen LogP) is 4.34. The second kappa shape index (κ2) is 12.6. The summed E-state index contributed by atoms with van der Waals surface area (Å²) in [6.45, 7) is 8.72. The summed E-state index contributed by atoms with van der Waals surface area (Å²) in [5.74, 6) is 5.22. The molecule has 0 radical (unpaired) electrons. The number of anilines is 2. The number of amides is 2. The van der Waals surface area contributed by atoms with Crippen LogP contribution >= 0.6 is 0 Å². The third-order valence-electron chi connectivity index (χ3n) is 6.78. The SMILES string of the molecule is CC(C)n1ncc(C(=O)NCC#Cc2nn3c(N[C@@H]4CCN(C(=O)OC(C)(C)C)C[C@@H]4F)cccc3c2CC(F)(F)F)c1N. The molecule has 44 heavy (non-hydrogen) atoms. The Labute approximate surface area is 252 Å². The van der Waals surface area contributed by atoms with Crippen LogP contribution in [-0.4, -0.2) is 79.9 Å². The van der Waals surface area contributed by atoms with E-state index in [1.54, 1.807) is 32.9 Å². The van der Waals surface area contributed by atoms with Gasteiger partial charge in [-0.3, -0.25) is 4.79 Å². The molecule has 0 aromatic carbocycles. The summed E-state index contributed by atoms with van der Waals surface area (Å²) in [7, 11) is 0. The third-order valence-corrected chi connectivity index (χ3v) is 6.78. The smallest absolute Gasteiger partial charge is 0.410 e. The molecule has 4 rings (SSSR count). The normalized spacial score (nSPS) is 17.4. The lowest BCUT2D eigenvalue weighted by molar-refractivity contribution is -0.127. The van der Waals surface area contributed by atoms with Crippen molar-refractivity contribution in [3.8, 4) is 11.8 Å². The highest BCUT2D eigenvalue weighted by atomic mass is 19.4. The topological polar surface area (TPSA) is 132 Å². The first kappa shape index (κ1) is 32.4. The van der Waals surface area contributed by atoms with Gasteiger partial charge in [0.1, 0.15) is 34.7 Å². The summed E-state index contributed by atoms with van der Waals surface area (Å²) < 4.78 is 64.0. The van der Waals surface area contributed by atoms with E-state index in [-0.39, 0.29) is 66.1 Å². The molecule has 0 unspecified atom stereocenters. The molecule has 2 atom stereocenters. The standard InChI is InChI=1S/C29H36F4N8O3/c1-17(2)40-25(34)19(15-36-40)26(42)35-12-7-8-21-18(14-29(31,32)33)23-9-6-10-24(41(23)38-21)37-22-11-13-39(16-20(22)30)27(43)44-28(3,4)5/h6,9-10,15,17,20,22,37H,11-14,16,34H2,1-5H3,(H,35,42)/t20-,22+/m0/s1. The van der Waals surface area contributed by atoms with Gasteiger partial charge in [0.05, 0.1) is 37.3 Å². The highest BCUT2D eigenvalue weighted by Crippen LogP contribution is 2.29. The summed E-state index contributed by atoms with van der Waals surface area (Å²) in [5.41, 5.74) is 5.29. The minimum Gasteiger partial charge on any atom is -0.444 e. The lowest BCUT2D eigenvalue weighted by atomic mass is 10.0. The maximum atomic E-state index is 15.2. The van der Waals surface area contributed by atoms with Crippen LogP contribution in [0, 0.1) is 11.8 Å². The van der Waals surface area contributed by atoms with Gasteiger partial charge in [0, 0.05) is 18.2 Å². The van der Waals surface area contributed by atoms with Gasteiger partial charge >= 0.3 is 12.3 Å². The third kappa shape index (κ3) is 7.72. The van der Waals surface area contributed by atoms with Crippen LogP contribution in [0.5, 0.6) is 0 Å². The Morgan fingerprint density at radius 2 is 1.95 bits per heavy atom. The molecule has 0 bridgehead atoms. The van der Waals surface area contributed by atoms with Crippen LogP contribution in [0.15, 0.2) is 24.4 Å². The second-order valence-corrected chi connectivity index (χ2v) is 11.8. The molecule has 4 heterocycles. The molecule has 4 N–H and O–H groups in total. The fourth-order valence-corrected chi connectivity index (χ4v) is 4.76. The fraction of sp³-hybridized carbons (Fsp3) is 0.517. The minimum absolute atomic E-state index is 0.0568. The summed E-state index contributed by atoms with van der Waals surface area (Å²) in [4.78, 5) is 26.2. The lowest BCUT2D eigenvalue weighted by Gasteiger charge is -2.36. The number of rotatable bonds is 6. The number of fused-ring (bicyclic) bond motifs is 1. The van der Waals surface area contributed by atoms with E-state index in [9.17, 15) is 22.8 Å². The number of piperidine rings is 1. The van der Waals surface area contributed by atoms with Crippen LogP contribution < -0.4 is 16.4 Å². The van der Waals surface area contributed by atoms with Crippen molar-refractivity contribution in [2.24, 2.45) is 0 Å². The van der Waals surface area contributed by atoms with Crippen molar-refractivity contribution < 1.29 is 31.9 Å². The Kier molecular flexibility index (Phi) is 9.31. The Bertz CT molecular complexity index is 1580. The molecule has 1 aliphatic heterocycles. The zero-order valence-corrected chi connectivity index (χ0v) is 25.1. The first-order valence-electron chi connectivity index (χ1n) is 14.1. The molecule has 1 aliphatic rings. The van der Waals surface area contributed by atoms with E-state index >= 15 is 4.39 Å². The maximum absolute atomic E-state index is 15.2. The van der Waals surface area contributed by atoms with Gasteiger partial charge in [-0.25, -0.2) is 18.4 Å². The van der Waals surface area contributed by atoms with Crippen molar-refractivity contribution >= 4 is 29.2 Å². The van der Waals surface area contributed by atoms with Crippen molar-refractivity contribution in [2.75, 3.05) is 30.7 Å². The van der Waals surface area contributed by atoms with E-state index in [0.717, 1.165) is 0 Å². The number of hydrogen-bond donors (Lipinski definition) is 3. The van der Waals surface area contributed by atoms with E-state index in [0.29, 0.717) is 0 Å². The van der Waals surface area contributed by atoms with Gasteiger partial charge in [-0.2, -0.15) is 23.4 Å². The number of hydrogen-bond acceptors (Lipinski definition) is 7. The number of alkyl halides is 4. The molecule has 3 aromatic heterocycles. The average Bonchev–Trinajstić information content (AvgIpc) is 3.46. The maximum Gasteiger partial charge on any atom is 0.410 e. The number of pyridine rings is 1. The number of halogens is 4. The monoisotopic (exact) mass is 620 g/mol. The number of nitrogen functional groups attached to an aromatic ring is 1. The van der Waals surface area contributed by atoms with Crippen molar-refractivity contribution in [2.45, 2.75) is 77.5 Å². The van der Waals surface area contributed by atoms with Crippen LogP contribution in [0.1, 0.15) is 68.7 Å². The molecule has 15 heteroatoms. The predicted molar refractivity (Wildman–Crippen MR) is 156 cm³/mol. The van der Waals surface area contributed by atoms with Gasteiger partial charge < -0.3 is 26.0 Å². The molecule has 0 aliphatic carbocycles. The van der Waals surface area contributed by atoms with Crippen LogP contribution in [0.2, 0.25) is 0 Å². The van der Waals surface area contributed by atoms with Gasteiger partial charge in [0.25, 0.3) is 5.91 Å². The largest absolute Gasteiger partial charge is 0.444 e. The number of carbonyl (C=O) groups excluding carboxylic acids is 2. The Balaban J connectivity index is 1.52. The van der Waals surface area contributed by atoms with E-state index in [1.807, 2.05) is 13.8 Å². The molecular formula is C29H36F4N8O3. The van der Waals surface area contributed by atoms with E-state index in [1.165, 1.54) is 26.4 Å². The average molecular weight is 621 g/mol. The van der Waals surface area contributed by atoms with Crippen LogP contribution in [0.4, 0.5) is 34.0 Å². The van der Waals surface area contributed by atoms with Gasteiger partial charge in [0.2, 0.25) is 0 Å². The quantitative estimate of drug-likeness (QED) is 0.276. The van der Waals surface area contributed by atoms with E-state index < -0.39 is 42.4 Å². The van der Waals surface area contributed by atoms with Crippen LogP contribution in [-0.2, 0) is 11.2 Å². The molecular weight excluding hydrogens is 584 g/mol. The number of nitrogens with one attached hydrogen (secondary N) is 2. The summed E-state index contributed by atoms with van der Waals surface area (Å²) in [5, 5.41) is 14.0. The van der Waals surface area contributed by atoms with E-state index in [2.05, 4.69) is 32.7 Å². The van der Waals surface area contributed by atoms with Crippen molar-refractivity contribution in [3.05, 3.63) is 41.2 Å².